The molecule has 0 amide bonds. The van der Waals surface area contributed by atoms with E-state index in [4.69, 9.17) is 14.2 Å². The molecule has 0 aliphatic carbocycles. The van der Waals surface area contributed by atoms with Crippen molar-refractivity contribution in [2.45, 2.75) is 6.92 Å². The van der Waals surface area contributed by atoms with Gasteiger partial charge in [-0.2, -0.15) is 0 Å². The van der Waals surface area contributed by atoms with Crippen molar-refractivity contribution in [2.75, 3.05) is 66.5 Å². The number of ether oxygens (including phenoxy) is 3. The van der Waals surface area contributed by atoms with Crippen LogP contribution in [0.15, 0.2) is 23.2 Å². The highest BCUT2D eigenvalue weighted by atomic mass is 16.5. The number of hydrogen-bond acceptors (Lipinski definition) is 5. The Hall–Kier alpha value is -1.99. The summed E-state index contributed by atoms with van der Waals surface area (Å²) in [5.74, 6) is 2.13. The SMILES string of the molecule is CCOc1ccc(NC(=NC)NCCN(C)CCOC)cc1OC. The summed E-state index contributed by atoms with van der Waals surface area (Å²) in [5.41, 5.74) is 0.885. The molecule has 1 rings (SSSR count). The predicted molar refractivity (Wildman–Crippen MR) is 98.5 cm³/mol. The molecule has 0 saturated heterocycles. The second kappa shape index (κ2) is 11.5. The zero-order valence-electron chi connectivity index (χ0n) is 15.4. The maximum absolute atomic E-state index is 5.52. The third-order valence-corrected chi connectivity index (χ3v) is 3.41. The number of rotatable bonds is 10. The van der Waals surface area contributed by atoms with Crippen molar-refractivity contribution in [3.63, 3.8) is 0 Å². The molecule has 0 spiro atoms. The number of guanidine groups is 1. The van der Waals surface area contributed by atoms with Crippen LogP contribution in [0.1, 0.15) is 6.92 Å². The minimum Gasteiger partial charge on any atom is -0.493 e. The van der Waals surface area contributed by atoms with Gasteiger partial charge < -0.3 is 29.7 Å². The zero-order valence-corrected chi connectivity index (χ0v) is 15.4. The predicted octanol–water partition coefficient (Wildman–Crippen LogP) is 1.66. The summed E-state index contributed by atoms with van der Waals surface area (Å²) >= 11 is 0. The van der Waals surface area contributed by atoms with Crippen LogP contribution in [0, 0.1) is 0 Å². The van der Waals surface area contributed by atoms with E-state index >= 15 is 0 Å². The van der Waals surface area contributed by atoms with E-state index in [1.54, 1.807) is 21.3 Å². The van der Waals surface area contributed by atoms with Gasteiger partial charge >= 0.3 is 0 Å². The van der Waals surface area contributed by atoms with Gasteiger partial charge in [0.25, 0.3) is 0 Å². The number of likely N-dealkylation sites (N-methyl/N-ethyl adjacent to an activating group) is 1. The van der Waals surface area contributed by atoms with Gasteiger partial charge in [-0.05, 0) is 26.1 Å². The Morgan fingerprint density at radius 1 is 1.21 bits per heavy atom. The molecule has 2 N–H and O–H groups in total. The fraction of sp³-hybridized carbons (Fsp3) is 0.588. The van der Waals surface area contributed by atoms with E-state index in [1.165, 1.54) is 0 Å². The summed E-state index contributed by atoms with van der Waals surface area (Å²) in [6, 6.07) is 5.71. The van der Waals surface area contributed by atoms with Gasteiger partial charge in [0.05, 0.1) is 20.3 Å². The lowest BCUT2D eigenvalue weighted by Crippen LogP contribution is -2.37. The third-order valence-electron chi connectivity index (χ3n) is 3.41. The van der Waals surface area contributed by atoms with E-state index < -0.39 is 0 Å². The van der Waals surface area contributed by atoms with Crippen molar-refractivity contribution >= 4 is 11.6 Å². The fourth-order valence-corrected chi connectivity index (χ4v) is 2.06. The molecule has 7 heteroatoms. The summed E-state index contributed by atoms with van der Waals surface area (Å²) in [6.45, 7) is 5.87. The molecule has 0 radical (unpaired) electrons. The van der Waals surface area contributed by atoms with Gasteiger partial charge in [-0.25, -0.2) is 0 Å². The molecule has 0 fully saturated rings. The summed E-state index contributed by atoms with van der Waals surface area (Å²) in [7, 11) is 7.15. The van der Waals surface area contributed by atoms with Crippen molar-refractivity contribution < 1.29 is 14.2 Å². The molecule has 0 bridgehead atoms. The van der Waals surface area contributed by atoms with Crippen LogP contribution in [0.5, 0.6) is 11.5 Å². The highest BCUT2D eigenvalue weighted by Crippen LogP contribution is 2.30. The van der Waals surface area contributed by atoms with Crippen LogP contribution in [-0.4, -0.2) is 72.0 Å². The quantitative estimate of drug-likeness (QED) is 0.500. The molecular weight excluding hydrogens is 308 g/mol. The highest BCUT2D eigenvalue weighted by molar-refractivity contribution is 5.93. The van der Waals surface area contributed by atoms with E-state index in [0.29, 0.717) is 18.3 Å². The van der Waals surface area contributed by atoms with Crippen molar-refractivity contribution in [3.05, 3.63) is 18.2 Å². The first-order chi connectivity index (χ1) is 11.6. The topological polar surface area (TPSA) is 67.4 Å². The number of methoxy groups -OCH3 is 2. The van der Waals surface area contributed by atoms with Gasteiger partial charge in [-0.1, -0.05) is 0 Å². The average molecular weight is 338 g/mol. The van der Waals surface area contributed by atoms with Gasteiger partial charge in [0.2, 0.25) is 0 Å². The van der Waals surface area contributed by atoms with Gasteiger partial charge in [0, 0.05) is 45.5 Å². The first kappa shape index (κ1) is 20.1. The Morgan fingerprint density at radius 2 is 2.00 bits per heavy atom. The van der Waals surface area contributed by atoms with E-state index in [-0.39, 0.29) is 0 Å². The summed E-state index contributed by atoms with van der Waals surface area (Å²) < 4.78 is 16.0. The molecule has 0 aromatic heterocycles. The van der Waals surface area contributed by atoms with Crippen molar-refractivity contribution in [1.82, 2.24) is 10.2 Å². The Balaban J connectivity index is 2.53. The average Bonchev–Trinajstić information content (AvgIpc) is 2.60. The lowest BCUT2D eigenvalue weighted by molar-refractivity contribution is 0.162. The van der Waals surface area contributed by atoms with Crippen LogP contribution >= 0.6 is 0 Å². The number of benzene rings is 1. The first-order valence-electron chi connectivity index (χ1n) is 8.10. The molecule has 0 saturated carbocycles. The lowest BCUT2D eigenvalue weighted by Gasteiger charge is -2.18. The van der Waals surface area contributed by atoms with Crippen LogP contribution in [0.4, 0.5) is 5.69 Å². The highest BCUT2D eigenvalue weighted by Gasteiger charge is 2.07. The standard InChI is InChI=1S/C17H30N4O3/c1-6-24-15-8-7-14(13-16(15)23-5)20-17(18-2)19-9-10-21(3)11-12-22-4/h7-8,13H,6,9-12H2,1-5H3,(H2,18,19,20). The minimum atomic E-state index is 0.600. The van der Waals surface area contributed by atoms with Crippen LogP contribution in [0.2, 0.25) is 0 Å². The molecule has 1 aromatic carbocycles. The van der Waals surface area contributed by atoms with Crippen LogP contribution in [-0.2, 0) is 4.74 Å². The Labute approximate surface area is 145 Å². The van der Waals surface area contributed by atoms with E-state index in [2.05, 4.69) is 27.6 Å². The molecule has 0 aliphatic rings. The number of anilines is 1. The van der Waals surface area contributed by atoms with Crippen molar-refractivity contribution in [2.24, 2.45) is 4.99 Å². The van der Waals surface area contributed by atoms with E-state index in [0.717, 1.165) is 37.7 Å². The Bertz CT molecular complexity index is 509. The zero-order chi connectivity index (χ0) is 17.8. The Morgan fingerprint density at radius 3 is 2.62 bits per heavy atom. The number of nitrogens with zero attached hydrogens (tertiary/aromatic N) is 2. The minimum absolute atomic E-state index is 0.600. The fourth-order valence-electron chi connectivity index (χ4n) is 2.06. The molecule has 0 heterocycles. The second-order valence-electron chi connectivity index (χ2n) is 5.22. The van der Waals surface area contributed by atoms with Gasteiger partial charge in [0.1, 0.15) is 0 Å². The smallest absolute Gasteiger partial charge is 0.195 e. The van der Waals surface area contributed by atoms with E-state index in [9.17, 15) is 0 Å². The third kappa shape index (κ3) is 7.06. The lowest BCUT2D eigenvalue weighted by atomic mass is 10.2. The maximum atomic E-state index is 5.52. The maximum Gasteiger partial charge on any atom is 0.195 e. The molecule has 1 aromatic rings. The van der Waals surface area contributed by atoms with Crippen molar-refractivity contribution in [1.29, 1.82) is 0 Å². The second-order valence-corrected chi connectivity index (χ2v) is 5.22. The van der Waals surface area contributed by atoms with Gasteiger partial charge in [0.15, 0.2) is 17.5 Å². The molecule has 0 unspecified atom stereocenters. The van der Waals surface area contributed by atoms with Crippen LogP contribution < -0.4 is 20.1 Å². The molecule has 0 atom stereocenters. The first-order valence-corrected chi connectivity index (χ1v) is 8.10. The van der Waals surface area contributed by atoms with Gasteiger partial charge in [-0.3, -0.25) is 4.99 Å². The number of hydrogen-bond donors (Lipinski definition) is 2. The van der Waals surface area contributed by atoms with Crippen LogP contribution in [0.25, 0.3) is 0 Å². The molecule has 7 nitrogen and oxygen atoms in total. The largest absolute Gasteiger partial charge is 0.493 e. The Kier molecular flexibility index (Phi) is 9.64. The molecular formula is C17H30N4O3. The summed E-state index contributed by atoms with van der Waals surface area (Å²) in [6.07, 6.45) is 0. The van der Waals surface area contributed by atoms with Crippen LogP contribution in [0.3, 0.4) is 0 Å². The number of aliphatic imine (C=N–C) groups is 1. The molecule has 0 aliphatic heterocycles. The molecule has 136 valence electrons. The summed E-state index contributed by atoms with van der Waals surface area (Å²) in [5, 5.41) is 6.54. The number of nitrogens with one attached hydrogen (secondary N) is 2. The normalized spacial score (nSPS) is 11.5. The van der Waals surface area contributed by atoms with Crippen molar-refractivity contribution in [3.8, 4) is 11.5 Å². The monoisotopic (exact) mass is 338 g/mol. The summed E-state index contributed by atoms with van der Waals surface area (Å²) in [4.78, 5) is 6.43. The van der Waals surface area contributed by atoms with Gasteiger partial charge in [-0.15, -0.1) is 0 Å². The van der Waals surface area contributed by atoms with E-state index in [1.807, 2.05) is 25.1 Å². The molecule has 24 heavy (non-hydrogen) atoms.